The number of aryl methyl sites for hydroxylation is 2. The Labute approximate surface area is 108 Å². The van der Waals surface area contributed by atoms with Crippen LogP contribution in [0.5, 0.6) is 0 Å². The van der Waals surface area contributed by atoms with Crippen molar-refractivity contribution >= 4 is 38.1 Å². The van der Waals surface area contributed by atoms with E-state index in [2.05, 4.69) is 57.9 Å². The van der Waals surface area contributed by atoms with Crippen LogP contribution in [0.3, 0.4) is 0 Å². The number of thiazole rings is 1. The highest BCUT2D eigenvalue weighted by atomic mass is 79.9. The molecule has 0 atom stereocenters. The summed E-state index contributed by atoms with van der Waals surface area (Å²) in [6, 6.07) is 6.45. The van der Waals surface area contributed by atoms with Gasteiger partial charge in [0.1, 0.15) is 4.60 Å². The lowest BCUT2D eigenvalue weighted by atomic mass is 10.1. The lowest BCUT2D eigenvalue weighted by molar-refractivity contribution is 1.14. The molecule has 2 aromatic rings. The van der Waals surface area contributed by atoms with Crippen molar-refractivity contribution < 1.29 is 0 Å². The molecule has 0 aliphatic carbocycles. The summed E-state index contributed by atoms with van der Waals surface area (Å²) in [5.41, 5.74) is 3.76. The Morgan fingerprint density at radius 3 is 2.62 bits per heavy atom. The molecule has 0 radical (unpaired) electrons. The minimum atomic E-state index is 0.893. The van der Waals surface area contributed by atoms with Crippen molar-refractivity contribution in [2.75, 3.05) is 11.9 Å². The van der Waals surface area contributed by atoms with E-state index in [0.717, 1.165) is 9.73 Å². The minimum Gasteiger partial charge on any atom is -0.321 e. The molecule has 1 heterocycles. The molecule has 0 saturated heterocycles. The number of aromatic nitrogens is 1. The Hall–Kier alpha value is -0.870. The molecule has 0 aliphatic rings. The summed E-state index contributed by atoms with van der Waals surface area (Å²) in [6.45, 7) is 4.23. The fourth-order valence-electron chi connectivity index (χ4n) is 1.68. The molecule has 0 fully saturated rings. The van der Waals surface area contributed by atoms with Gasteiger partial charge < -0.3 is 4.90 Å². The average Bonchev–Trinajstić information content (AvgIpc) is 2.64. The van der Waals surface area contributed by atoms with E-state index in [-0.39, 0.29) is 0 Å². The van der Waals surface area contributed by atoms with Gasteiger partial charge in [-0.15, -0.1) is 11.3 Å². The normalized spacial score (nSPS) is 10.5. The fourth-order valence-corrected chi connectivity index (χ4v) is 2.91. The lowest BCUT2D eigenvalue weighted by Gasteiger charge is -2.18. The average molecular weight is 297 g/mol. The third kappa shape index (κ3) is 2.28. The molecule has 0 amide bonds. The highest BCUT2D eigenvalue weighted by Crippen LogP contribution is 2.30. The van der Waals surface area contributed by atoms with Gasteiger partial charge in [-0.1, -0.05) is 17.7 Å². The van der Waals surface area contributed by atoms with E-state index in [0.29, 0.717) is 0 Å². The van der Waals surface area contributed by atoms with E-state index >= 15 is 0 Å². The lowest BCUT2D eigenvalue weighted by Crippen LogP contribution is -2.10. The molecule has 1 aromatic heterocycles. The molecule has 84 valence electrons. The van der Waals surface area contributed by atoms with Gasteiger partial charge in [0.2, 0.25) is 0 Å². The number of hydrogen-bond donors (Lipinski definition) is 0. The van der Waals surface area contributed by atoms with Gasteiger partial charge in [0, 0.05) is 18.1 Å². The summed E-state index contributed by atoms with van der Waals surface area (Å²) < 4.78 is 0.893. The minimum absolute atomic E-state index is 0.893. The summed E-state index contributed by atoms with van der Waals surface area (Å²) >= 11 is 5.01. The predicted octanol–water partition coefficient (Wildman–Crippen LogP) is 4.29. The van der Waals surface area contributed by atoms with Gasteiger partial charge in [-0.05, 0) is 41.4 Å². The molecule has 4 heteroatoms. The van der Waals surface area contributed by atoms with Crippen LogP contribution >= 0.6 is 27.3 Å². The third-order valence-electron chi connectivity index (χ3n) is 2.46. The molecule has 0 bridgehead atoms. The van der Waals surface area contributed by atoms with Gasteiger partial charge in [0.15, 0.2) is 5.13 Å². The number of benzene rings is 1. The van der Waals surface area contributed by atoms with Crippen LogP contribution in [-0.4, -0.2) is 12.0 Å². The first-order valence-corrected chi connectivity index (χ1v) is 6.67. The van der Waals surface area contributed by atoms with Gasteiger partial charge in [-0.3, -0.25) is 0 Å². The van der Waals surface area contributed by atoms with E-state index in [1.165, 1.54) is 16.8 Å². The number of hydrogen-bond acceptors (Lipinski definition) is 3. The van der Waals surface area contributed by atoms with Crippen LogP contribution in [0.4, 0.5) is 10.8 Å². The van der Waals surface area contributed by atoms with Crippen molar-refractivity contribution in [3.05, 3.63) is 39.3 Å². The summed E-state index contributed by atoms with van der Waals surface area (Å²) in [7, 11) is 2.04. The van der Waals surface area contributed by atoms with Gasteiger partial charge in [-0.25, -0.2) is 4.98 Å². The second-order valence-corrected chi connectivity index (χ2v) is 5.45. The fraction of sp³-hybridized carbons (Fsp3) is 0.250. The van der Waals surface area contributed by atoms with E-state index in [9.17, 15) is 0 Å². The van der Waals surface area contributed by atoms with Crippen LogP contribution in [0.15, 0.2) is 28.2 Å². The zero-order valence-electron chi connectivity index (χ0n) is 9.49. The van der Waals surface area contributed by atoms with Crippen molar-refractivity contribution in [1.82, 2.24) is 4.98 Å². The smallest absolute Gasteiger partial charge is 0.190 e. The number of halogens is 1. The number of rotatable bonds is 2. The molecule has 16 heavy (non-hydrogen) atoms. The highest BCUT2D eigenvalue weighted by Gasteiger charge is 2.10. The van der Waals surface area contributed by atoms with Crippen LogP contribution < -0.4 is 4.90 Å². The molecule has 0 spiro atoms. The van der Waals surface area contributed by atoms with Gasteiger partial charge in [0.25, 0.3) is 0 Å². The van der Waals surface area contributed by atoms with Crippen LogP contribution in [0.1, 0.15) is 11.1 Å². The molecule has 0 N–H and O–H groups in total. The molecule has 0 aliphatic heterocycles. The first kappa shape index (κ1) is 11.6. The summed E-state index contributed by atoms with van der Waals surface area (Å²) in [6.07, 6.45) is 0. The largest absolute Gasteiger partial charge is 0.321 e. The van der Waals surface area contributed by atoms with E-state index < -0.39 is 0 Å². The Balaban J connectivity index is 2.37. The van der Waals surface area contributed by atoms with Crippen molar-refractivity contribution in [2.45, 2.75) is 13.8 Å². The Bertz CT molecular complexity index is 507. The Morgan fingerprint density at radius 1 is 1.31 bits per heavy atom. The number of anilines is 2. The summed E-state index contributed by atoms with van der Waals surface area (Å²) in [5, 5.41) is 2.99. The molecule has 2 rings (SSSR count). The monoisotopic (exact) mass is 296 g/mol. The molecule has 2 nitrogen and oxygen atoms in total. The van der Waals surface area contributed by atoms with Crippen LogP contribution in [0.2, 0.25) is 0 Å². The maximum absolute atomic E-state index is 4.41. The van der Waals surface area contributed by atoms with Crippen molar-refractivity contribution in [3.8, 4) is 0 Å². The van der Waals surface area contributed by atoms with Crippen LogP contribution in [0, 0.1) is 13.8 Å². The maximum atomic E-state index is 4.41. The first-order chi connectivity index (χ1) is 7.58. The summed E-state index contributed by atoms with van der Waals surface area (Å²) in [5.74, 6) is 0. The van der Waals surface area contributed by atoms with E-state index in [1.807, 2.05) is 12.4 Å². The zero-order chi connectivity index (χ0) is 11.7. The summed E-state index contributed by atoms with van der Waals surface area (Å²) in [4.78, 5) is 6.53. The first-order valence-electron chi connectivity index (χ1n) is 5.00. The molecule has 0 unspecified atom stereocenters. The Kier molecular flexibility index (Phi) is 3.30. The zero-order valence-corrected chi connectivity index (χ0v) is 11.9. The van der Waals surface area contributed by atoms with Crippen molar-refractivity contribution in [2.24, 2.45) is 0 Å². The van der Waals surface area contributed by atoms with Gasteiger partial charge >= 0.3 is 0 Å². The van der Waals surface area contributed by atoms with Crippen LogP contribution in [-0.2, 0) is 0 Å². The van der Waals surface area contributed by atoms with E-state index in [4.69, 9.17) is 0 Å². The van der Waals surface area contributed by atoms with E-state index in [1.54, 1.807) is 11.3 Å². The number of nitrogens with zero attached hydrogens (tertiary/aromatic N) is 2. The standard InChI is InChI=1S/C12H13BrN2S/c1-8-4-5-10(9(2)6-8)15(3)12-14-11(13)7-16-12/h4-7H,1-3H3. The quantitative estimate of drug-likeness (QED) is 0.822. The predicted molar refractivity (Wildman–Crippen MR) is 73.8 cm³/mol. The van der Waals surface area contributed by atoms with Gasteiger partial charge in [0.05, 0.1) is 0 Å². The van der Waals surface area contributed by atoms with Crippen LogP contribution in [0.25, 0.3) is 0 Å². The second kappa shape index (κ2) is 4.55. The molecular formula is C12H13BrN2S. The maximum Gasteiger partial charge on any atom is 0.190 e. The molecule has 0 saturated carbocycles. The Morgan fingerprint density at radius 2 is 2.06 bits per heavy atom. The van der Waals surface area contributed by atoms with Crippen molar-refractivity contribution in [3.63, 3.8) is 0 Å². The highest BCUT2D eigenvalue weighted by molar-refractivity contribution is 9.10. The van der Waals surface area contributed by atoms with Crippen molar-refractivity contribution in [1.29, 1.82) is 0 Å². The third-order valence-corrected chi connectivity index (χ3v) is 4.09. The molecular weight excluding hydrogens is 284 g/mol. The second-order valence-electron chi connectivity index (χ2n) is 3.80. The SMILES string of the molecule is Cc1ccc(N(C)c2nc(Br)cs2)c(C)c1. The molecule has 1 aromatic carbocycles. The van der Waals surface area contributed by atoms with Gasteiger partial charge in [-0.2, -0.15) is 0 Å². The topological polar surface area (TPSA) is 16.1 Å².